The molecule has 0 spiro atoms. The highest BCUT2D eigenvalue weighted by molar-refractivity contribution is 7.84. The number of rotatable bonds is 4. The van der Waals surface area contributed by atoms with E-state index in [1.54, 1.807) is 33.1 Å². The molecule has 4 heterocycles. The molecule has 9 bridgehead atoms. The monoisotopic (exact) mass is 620 g/mol. The van der Waals surface area contributed by atoms with E-state index < -0.39 is 16.3 Å². The molecule has 3 aromatic carbocycles. The number of ether oxygens (including phenoxy) is 3. The molecule has 0 N–H and O–H groups in total. The Morgan fingerprint density at radius 2 is 1.93 bits per heavy atom. The van der Waals surface area contributed by atoms with Crippen molar-refractivity contribution in [1.82, 2.24) is 19.3 Å². The molecule has 11 nitrogen and oxygen atoms in total. The summed E-state index contributed by atoms with van der Waals surface area (Å²) >= 11 is 0. The van der Waals surface area contributed by atoms with Gasteiger partial charge in [0, 0.05) is 30.1 Å². The van der Waals surface area contributed by atoms with Gasteiger partial charge in [-0.15, -0.1) is 5.10 Å². The van der Waals surface area contributed by atoms with Crippen LogP contribution in [-0.4, -0.2) is 54.0 Å². The lowest BCUT2D eigenvalue weighted by Gasteiger charge is -2.33. The molecule has 0 fully saturated rings. The molecule has 3 aliphatic rings. The number of aryl methyl sites for hydroxylation is 2. The molecule has 0 radical (unpaired) electrons. The van der Waals surface area contributed by atoms with Crippen molar-refractivity contribution in [1.29, 1.82) is 0 Å². The zero-order valence-electron chi connectivity index (χ0n) is 25.3. The zero-order valence-corrected chi connectivity index (χ0v) is 26.1. The van der Waals surface area contributed by atoms with E-state index in [-0.39, 0.29) is 37.2 Å². The lowest BCUT2D eigenvalue weighted by Crippen LogP contribution is -2.39. The van der Waals surface area contributed by atoms with Crippen LogP contribution in [0.15, 0.2) is 48.5 Å². The second-order valence-corrected chi connectivity index (χ2v) is 12.6. The number of hydrogen-bond donors (Lipinski definition) is 0. The van der Waals surface area contributed by atoms with E-state index in [2.05, 4.69) is 10.3 Å². The van der Waals surface area contributed by atoms with Crippen LogP contribution in [-0.2, 0) is 32.9 Å². The number of hydrogen-bond acceptors (Lipinski definition) is 9. The van der Waals surface area contributed by atoms with Gasteiger partial charge in [-0.25, -0.2) is 4.68 Å². The molecule has 1 aromatic heterocycles. The SMILES string of the molecule is CCOC(=O)CC1c2ccc(OC)c(c2)[C@@H](C)N2Cc3cc(ccc3OS2(=O)=O)OCCCCn2nnc3c(C)c1ccc32. The number of fused-ring (bicyclic) bond motifs is 5. The van der Waals surface area contributed by atoms with Crippen LogP contribution in [0.3, 0.4) is 0 Å². The normalized spacial score (nSPS) is 21.0. The van der Waals surface area contributed by atoms with Gasteiger partial charge in [0.05, 0.1) is 38.3 Å². The predicted octanol–water partition coefficient (Wildman–Crippen LogP) is 5.21. The van der Waals surface area contributed by atoms with Gasteiger partial charge in [-0.05, 0) is 86.7 Å². The van der Waals surface area contributed by atoms with Gasteiger partial charge in [0.2, 0.25) is 0 Å². The summed E-state index contributed by atoms with van der Waals surface area (Å²) in [6, 6.07) is 14.2. The largest absolute Gasteiger partial charge is 0.496 e. The third kappa shape index (κ3) is 5.59. The molecule has 0 aliphatic carbocycles. The number of carbonyl (C=O) groups excluding carboxylic acids is 1. The van der Waals surface area contributed by atoms with E-state index in [9.17, 15) is 13.2 Å². The van der Waals surface area contributed by atoms with Crippen LogP contribution in [0.1, 0.15) is 72.9 Å². The Hall–Kier alpha value is -4.16. The smallest absolute Gasteiger partial charge is 0.386 e. The van der Waals surface area contributed by atoms with Crippen LogP contribution in [0.2, 0.25) is 0 Å². The molecule has 2 unspecified atom stereocenters. The Bertz CT molecular complexity index is 1820. The molecule has 3 aliphatic heterocycles. The Morgan fingerprint density at radius 3 is 2.73 bits per heavy atom. The van der Waals surface area contributed by atoms with E-state index in [0.717, 1.165) is 40.6 Å². The molecule has 0 saturated heterocycles. The summed E-state index contributed by atoms with van der Waals surface area (Å²) < 4.78 is 52.7. The van der Waals surface area contributed by atoms with E-state index in [1.807, 2.05) is 48.0 Å². The first kappa shape index (κ1) is 29.9. The maximum Gasteiger partial charge on any atom is 0.386 e. The Labute approximate surface area is 256 Å². The first-order chi connectivity index (χ1) is 21.2. The van der Waals surface area contributed by atoms with Gasteiger partial charge in [0.15, 0.2) is 0 Å². The van der Waals surface area contributed by atoms with Gasteiger partial charge in [-0.1, -0.05) is 17.3 Å². The summed E-state index contributed by atoms with van der Waals surface area (Å²) in [6.07, 6.45) is 1.71. The first-order valence-corrected chi connectivity index (χ1v) is 16.2. The van der Waals surface area contributed by atoms with Gasteiger partial charge >= 0.3 is 16.3 Å². The quantitative estimate of drug-likeness (QED) is 0.283. The van der Waals surface area contributed by atoms with Crippen molar-refractivity contribution in [3.63, 3.8) is 0 Å². The molecule has 7 rings (SSSR count). The van der Waals surface area contributed by atoms with Crippen molar-refractivity contribution in [2.75, 3.05) is 20.3 Å². The van der Waals surface area contributed by atoms with Gasteiger partial charge in [0.25, 0.3) is 0 Å². The summed E-state index contributed by atoms with van der Waals surface area (Å²) in [7, 11) is -2.58. The average Bonchev–Trinajstić information content (AvgIpc) is 3.42. The summed E-state index contributed by atoms with van der Waals surface area (Å²) in [5, 5.41) is 8.95. The fraction of sp³-hybridized carbons (Fsp3) is 0.406. The van der Waals surface area contributed by atoms with Crippen molar-refractivity contribution in [2.24, 2.45) is 0 Å². The number of methoxy groups -OCH3 is 1. The van der Waals surface area contributed by atoms with Crippen LogP contribution < -0.4 is 13.7 Å². The standard InChI is InChI=1S/C32H36N4O7S/c1-5-41-31(37)18-27-22-8-12-30(40-4)26(17-22)21(3)36-19-23-16-24(9-13-29(23)43-44(36,38)39)42-15-7-6-14-35-28-11-10-25(27)20(2)32(28)33-34-35/h8-13,16-17,21,27H,5-7,14-15,18-19H2,1-4H3/t21-,27?/m1/s1. The molecule has 0 saturated carbocycles. The topological polar surface area (TPSA) is 122 Å². The highest BCUT2D eigenvalue weighted by Gasteiger charge is 2.37. The predicted molar refractivity (Wildman–Crippen MR) is 163 cm³/mol. The number of carbonyl (C=O) groups is 1. The molecule has 44 heavy (non-hydrogen) atoms. The second-order valence-electron chi connectivity index (χ2n) is 11.1. The third-order valence-electron chi connectivity index (χ3n) is 8.45. The van der Waals surface area contributed by atoms with Crippen LogP contribution >= 0.6 is 0 Å². The van der Waals surface area contributed by atoms with Gasteiger partial charge < -0.3 is 18.4 Å². The molecule has 0 amide bonds. The second kappa shape index (κ2) is 12.1. The lowest BCUT2D eigenvalue weighted by molar-refractivity contribution is -0.143. The maximum absolute atomic E-state index is 13.4. The van der Waals surface area contributed by atoms with Crippen molar-refractivity contribution >= 4 is 27.3 Å². The molecule has 3 atom stereocenters. The van der Waals surface area contributed by atoms with E-state index in [1.165, 1.54) is 4.31 Å². The molecular weight excluding hydrogens is 584 g/mol. The summed E-state index contributed by atoms with van der Waals surface area (Å²) in [5.41, 5.74) is 5.69. The van der Waals surface area contributed by atoms with Crippen LogP contribution in [0.25, 0.3) is 11.0 Å². The fourth-order valence-electron chi connectivity index (χ4n) is 6.11. The van der Waals surface area contributed by atoms with Crippen LogP contribution in [0.5, 0.6) is 17.2 Å². The lowest BCUT2D eigenvalue weighted by atomic mass is 9.84. The first-order valence-electron chi connectivity index (χ1n) is 14.8. The van der Waals surface area contributed by atoms with Crippen molar-refractivity contribution in [2.45, 2.75) is 65.1 Å². The minimum Gasteiger partial charge on any atom is -0.496 e. The van der Waals surface area contributed by atoms with Crippen molar-refractivity contribution in [3.05, 3.63) is 76.3 Å². The molecule has 12 heteroatoms. The Balaban J connectivity index is 1.51. The van der Waals surface area contributed by atoms with Crippen molar-refractivity contribution in [3.8, 4) is 17.2 Å². The van der Waals surface area contributed by atoms with Gasteiger partial charge in [-0.2, -0.15) is 12.7 Å². The third-order valence-corrected chi connectivity index (χ3v) is 9.86. The number of esters is 1. The molecular formula is C32H36N4O7S. The Morgan fingerprint density at radius 1 is 1.09 bits per heavy atom. The van der Waals surface area contributed by atoms with E-state index >= 15 is 0 Å². The summed E-state index contributed by atoms with van der Waals surface area (Å²) in [4.78, 5) is 12.9. The number of nitrogens with zero attached hydrogens (tertiary/aromatic N) is 4. The van der Waals surface area contributed by atoms with Crippen LogP contribution in [0, 0.1) is 6.92 Å². The van der Waals surface area contributed by atoms with E-state index in [4.69, 9.17) is 18.4 Å². The van der Waals surface area contributed by atoms with Crippen LogP contribution in [0.4, 0.5) is 0 Å². The molecule has 4 aromatic rings. The highest BCUT2D eigenvalue weighted by atomic mass is 32.2. The van der Waals surface area contributed by atoms with Gasteiger partial charge in [-0.3, -0.25) is 4.79 Å². The average molecular weight is 621 g/mol. The Kier molecular flexibility index (Phi) is 8.21. The highest BCUT2D eigenvalue weighted by Crippen LogP contribution is 2.41. The van der Waals surface area contributed by atoms with Gasteiger partial charge in [0.1, 0.15) is 22.8 Å². The number of benzene rings is 3. The van der Waals surface area contributed by atoms with Crippen molar-refractivity contribution < 1.29 is 31.6 Å². The molecule has 232 valence electrons. The number of aromatic nitrogens is 3. The maximum atomic E-state index is 13.4. The minimum absolute atomic E-state index is 0.0930. The minimum atomic E-state index is -4.13. The fourth-order valence-corrected chi connectivity index (χ4v) is 7.40. The summed E-state index contributed by atoms with van der Waals surface area (Å²) in [6.45, 7) is 7.11. The van der Waals surface area contributed by atoms with E-state index in [0.29, 0.717) is 35.8 Å². The summed E-state index contributed by atoms with van der Waals surface area (Å²) in [5.74, 6) is 0.727. The zero-order chi connectivity index (χ0) is 31.0.